The van der Waals surface area contributed by atoms with Crippen molar-refractivity contribution in [3.8, 4) is 11.5 Å². The zero-order valence-corrected chi connectivity index (χ0v) is 10.3. The normalized spacial score (nSPS) is 11.9. The molecule has 2 aromatic rings. The molecule has 0 spiro atoms. The van der Waals surface area contributed by atoms with E-state index in [1.54, 1.807) is 43.3 Å². The number of carboxylic acids is 1. The predicted octanol–water partition coefficient (Wildman–Crippen LogP) is 3.81. The summed E-state index contributed by atoms with van der Waals surface area (Å²) in [6, 6.07) is 12.5. The summed E-state index contributed by atoms with van der Waals surface area (Å²) in [6.45, 7) is 1.62. The molecule has 0 saturated heterocycles. The Morgan fingerprint density at radius 3 is 2.42 bits per heavy atom. The molecular formula is C15H13FO3. The van der Waals surface area contributed by atoms with Crippen molar-refractivity contribution >= 4 is 5.97 Å². The van der Waals surface area contributed by atoms with E-state index < -0.39 is 11.9 Å². The summed E-state index contributed by atoms with van der Waals surface area (Å²) >= 11 is 0. The standard InChI is InChI=1S/C15H13FO3/c1-10(15(17)18)11-5-7-13(8-6-11)19-14-4-2-3-12(16)9-14/h2-10H,1H3,(H,17,18). The van der Waals surface area contributed by atoms with Gasteiger partial charge in [0.05, 0.1) is 5.92 Å². The molecule has 1 unspecified atom stereocenters. The molecule has 0 aliphatic rings. The number of rotatable bonds is 4. The molecule has 0 aromatic heterocycles. The molecule has 3 nitrogen and oxygen atoms in total. The van der Waals surface area contributed by atoms with Crippen LogP contribution in [0.15, 0.2) is 48.5 Å². The SMILES string of the molecule is CC(C(=O)O)c1ccc(Oc2cccc(F)c2)cc1. The third-order valence-corrected chi connectivity index (χ3v) is 2.78. The molecule has 0 radical (unpaired) electrons. The first-order chi connectivity index (χ1) is 9.06. The predicted molar refractivity (Wildman–Crippen MR) is 69.0 cm³/mol. The van der Waals surface area contributed by atoms with Crippen LogP contribution in [0.2, 0.25) is 0 Å². The van der Waals surface area contributed by atoms with E-state index >= 15 is 0 Å². The molecule has 4 heteroatoms. The van der Waals surface area contributed by atoms with Crippen molar-refractivity contribution in [2.75, 3.05) is 0 Å². The molecule has 0 aliphatic carbocycles. The molecule has 0 bridgehead atoms. The molecule has 98 valence electrons. The van der Waals surface area contributed by atoms with Gasteiger partial charge in [0.1, 0.15) is 17.3 Å². The van der Waals surface area contributed by atoms with E-state index in [-0.39, 0.29) is 5.82 Å². The minimum atomic E-state index is -0.876. The summed E-state index contributed by atoms with van der Waals surface area (Å²) in [5.74, 6) is -0.874. The molecule has 1 atom stereocenters. The lowest BCUT2D eigenvalue weighted by Crippen LogP contribution is -2.06. The maximum absolute atomic E-state index is 13.0. The fourth-order valence-corrected chi connectivity index (χ4v) is 1.63. The number of carboxylic acid groups (broad SMARTS) is 1. The van der Waals surface area contributed by atoms with Crippen LogP contribution in [0, 0.1) is 5.82 Å². The first kappa shape index (κ1) is 13.1. The lowest BCUT2D eigenvalue weighted by molar-refractivity contribution is -0.138. The Hall–Kier alpha value is -2.36. The van der Waals surface area contributed by atoms with Crippen LogP contribution in [-0.4, -0.2) is 11.1 Å². The topological polar surface area (TPSA) is 46.5 Å². The Kier molecular flexibility index (Phi) is 3.80. The second-order valence-electron chi connectivity index (χ2n) is 4.19. The van der Waals surface area contributed by atoms with Crippen LogP contribution in [-0.2, 0) is 4.79 Å². The van der Waals surface area contributed by atoms with Crippen LogP contribution in [0.1, 0.15) is 18.4 Å². The van der Waals surface area contributed by atoms with E-state index in [0.29, 0.717) is 17.1 Å². The maximum atomic E-state index is 13.0. The van der Waals surface area contributed by atoms with Crippen LogP contribution >= 0.6 is 0 Å². The lowest BCUT2D eigenvalue weighted by atomic mass is 10.0. The van der Waals surface area contributed by atoms with Gasteiger partial charge in [-0.05, 0) is 36.8 Å². The van der Waals surface area contributed by atoms with Gasteiger partial charge in [-0.2, -0.15) is 0 Å². The summed E-state index contributed by atoms with van der Waals surface area (Å²) in [6.07, 6.45) is 0. The molecule has 0 aliphatic heterocycles. The van der Waals surface area contributed by atoms with Gasteiger partial charge >= 0.3 is 5.97 Å². The van der Waals surface area contributed by atoms with Crippen molar-refractivity contribution in [1.29, 1.82) is 0 Å². The van der Waals surface area contributed by atoms with Gasteiger partial charge in [0.25, 0.3) is 0 Å². The Morgan fingerprint density at radius 1 is 1.16 bits per heavy atom. The number of halogens is 1. The van der Waals surface area contributed by atoms with Gasteiger partial charge in [0.15, 0.2) is 0 Å². The molecule has 19 heavy (non-hydrogen) atoms. The molecule has 0 fully saturated rings. The van der Waals surface area contributed by atoms with Crippen LogP contribution in [0.3, 0.4) is 0 Å². The largest absolute Gasteiger partial charge is 0.481 e. The molecule has 1 N–H and O–H groups in total. The Labute approximate surface area is 110 Å². The van der Waals surface area contributed by atoms with Crippen LogP contribution in [0.4, 0.5) is 4.39 Å². The average Bonchev–Trinajstić information content (AvgIpc) is 2.39. The highest BCUT2D eigenvalue weighted by Crippen LogP contribution is 2.24. The number of hydrogen-bond donors (Lipinski definition) is 1. The molecule has 0 heterocycles. The van der Waals surface area contributed by atoms with Crippen LogP contribution < -0.4 is 4.74 Å². The van der Waals surface area contributed by atoms with Gasteiger partial charge in [-0.15, -0.1) is 0 Å². The van der Waals surface area contributed by atoms with Gasteiger partial charge in [-0.1, -0.05) is 18.2 Å². The van der Waals surface area contributed by atoms with Gasteiger partial charge in [0, 0.05) is 6.07 Å². The van der Waals surface area contributed by atoms with E-state index in [4.69, 9.17) is 9.84 Å². The summed E-state index contributed by atoms with van der Waals surface area (Å²) < 4.78 is 18.5. The summed E-state index contributed by atoms with van der Waals surface area (Å²) in [4.78, 5) is 10.8. The van der Waals surface area contributed by atoms with E-state index in [1.807, 2.05) is 0 Å². The number of ether oxygens (including phenoxy) is 1. The van der Waals surface area contributed by atoms with Gasteiger partial charge < -0.3 is 9.84 Å². The maximum Gasteiger partial charge on any atom is 0.310 e. The summed E-state index contributed by atoms with van der Waals surface area (Å²) in [5, 5.41) is 8.90. The van der Waals surface area contributed by atoms with Crippen molar-refractivity contribution in [1.82, 2.24) is 0 Å². The van der Waals surface area contributed by atoms with Crippen molar-refractivity contribution in [2.45, 2.75) is 12.8 Å². The zero-order chi connectivity index (χ0) is 13.8. The van der Waals surface area contributed by atoms with Crippen LogP contribution in [0.25, 0.3) is 0 Å². The van der Waals surface area contributed by atoms with E-state index in [9.17, 15) is 9.18 Å². The number of benzene rings is 2. The van der Waals surface area contributed by atoms with Crippen LogP contribution in [0.5, 0.6) is 11.5 Å². The first-order valence-electron chi connectivity index (χ1n) is 5.82. The van der Waals surface area contributed by atoms with Crippen molar-refractivity contribution < 1.29 is 19.0 Å². The molecule has 0 saturated carbocycles. The smallest absolute Gasteiger partial charge is 0.310 e. The number of carbonyl (C=O) groups is 1. The van der Waals surface area contributed by atoms with Crippen molar-refractivity contribution in [3.05, 3.63) is 59.9 Å². The third kappa shape index (κ3) is 3.31. The Morgan fingerprint density at radius 2 is 1.84 bits per heavy atom. The highest BCUT2D eigenvalue weighted by molar-refractivity contribution is 5.75. The monoisotopic (exact) mass is 260 g/mol. The van der Waals surface area contributed by atoms with Gasteiger partial charge in [-0.25, -0.2) is 4.39 Å². The Balaban J connectivity index is 2.13. The highest BCUT2D eigenvalue weighted by atomic mass is 19.1. The minimum absolute atomic E-state index is 0.367. The molecule has 2 aromatic carbocycles. The highest BCUT2D eigenvalue weighted by Gasteiger charge is 2.13. The fourth-order valence-electron chi connectivity index (χ4n) is 1.63. The zero-order valence-electron chi connectivity index (χ0n) is 10.3. The lowest BCUT2D eigenvalue weighted by Gasteiger charge is -2.09. The summed E-state index contributed by atoms with van der Waals surface area (Å²) in [5.41, 5.74) is 0.694. The van der Waals surface area contributed by atoms with Crippen molar-refractivity contribution in [3.63, 3.8) is 0 Å². The van der Waals surface area contributed by atoms with Gasteiger partial charge in [-0.3, -0.25) is 4.79 Å². The molecule has 0 amide bonds. The average molecular weight is 260 g/mol. The molecule has 2 rings (SSSR count). The van der Waals surface area contributed by atoms with E-state index in [0.717, 1.165) is 0 Å². The van der Waals surface area contributed by atoms with Crippen molar-refractivity contribution in [2.24, 2.45) is 0 Å². The summed E-state index contributed by atoms with van der Waals surface area (Å²) in [7, 11) is 0. The fraction of sp³-hybridized carbons (Fsp3) is 0.133. The minimum Gasteiger partial charge on any atom is -0.481 e. The number of hydrogen-bond acceptors (Lipinski definition) is 2. The third-order valence-electron chi connectivity index (χ3n) is 2.78. The second-order valence-corrected chi connectivity index (χ2v) is 4.19. The Bertz CT molecular complexity index is 578. The second kappa shape index (κ2) is 5.52. The quantitative estimate of drug-likeness (QED) is 0.909. The number of aliphatic carboxylic acids is 1. The first-order valence-corrected chi connectivity index (χ1v) is 5.82. The van der Waals surface area contributed by atoms with Gasteiger partial charge in [0.2, 0.25) is 0 Å². The van der Waals surface area contributed by atoms with E-state index in [2.05, 4.69) is 0 Å². The van der Waals surface area contributed by atoms with E-state index in [1.165, 1.54) is 12.1 Å². The molecular weight excluding hydrogens is 247 g/mol.